The zero-order chi connectivity index (χ0) is 15.2. The minimum atomic E-state index is 0.348. The van der Waals surface area contributed by atoms with Crippen molar-refractivity contribution in [3.63, 3.8) is 0 Å². The maximum atomic E-state index is 6.09. The van der Waals surface area contributed by atoms with Gasteiger partial charge in [0.25, 0.3) is 0 Å². The number of nitrogens with zero attached hydrogens (tertiary/aromatic N) is 3. The van der Waals surface area contributed by atoms with E-state index in [1.54, 1.807) is 0 Å². The number of benzene rings is 1. The first kappa shape index (κ1) is 15.4. The molecule has 1 N–H and O–H groups in total. The summed E-state index contributed by atoms with van der Waals surface area (Å²) in [4.78, 5) is 10.4. The molecule has 21 heavy (non-hydrogen) atoms. The SMILES string of the molecule is CCCNc1ncc(Cl)c(Oc2cccc(N(C)C)c2)n1. The van der Waals surface area contributed by atoms with Gasteiger partial charge in [0.05, 0.1) is 6.20 Å². The van der Waals surface area contributed by atoms with Crippen molar-refractivity contribution in [3.8, 4) is 11.6 Å². The van der Waals surface area contributed by atoms with Crippen LogP contribution in [0.25, 0.3) is 0 Å². The van der Waals surface area contributed by atoms with Gasteiger partial charge >= 0.3 is 0 Å². The molecule has 0 fully saturated rings. The van der Waals surface area contributed by atoms with Crippen molar-refractivity contribution >= 4 is 23.2 Å². The molecule has 0 saturated carbocycles. The Morgan fingerprint density at radius 2 is 2.14 bits per heavy atom. The van der Waals surface area contributed by atoms with Crippen LogP contribution in [0.4, 0.5) is 11.6 Å². The highest BCUT2D eigenvalue weighted by molar-refractivity contribution is 6.31. The fourth-order valence-electron chi connectivity index (χ4n) is 1.68. The number of nitrogens with one attached hydrogen (secondary N) is 1. The molecule has 1 aromatic carbocycles. The first-order valence-electron chi connectivity index (χ1n) is 6.81. The standard InChI is InChI=1S/C15H19ClN4O/c1-4-8-17-15-18-10-13(16)14(19-15)21-12-7-5-6-11(9-12)20(2)3/h5-7,9-10H,4,8H2,1-3H3,(H,17,18,19). The van der Waals surface area contributed by atoms with E-state index >= 15 is 0 Å². The topological polar surface area (TPSA) is 50.3 Å². The summed E-state index contributed by atoms with van der Waals surface area (Å²) >= 11 is 6.09. The lowest BCUT2D eigenvalue weighted by molar-refractivity contribution is 0.462. The number of anilines is 2. The Hall–Kier alpha value is -2.01. The minimum Gasteiger partial charge on any atom is -0.437 e. The van der Waals surface area contributed by atoms with Gasteiger partial charge in [0, 0.05) is 32.4 Å². The molecule has 0 spiro atoms. The van der Waals surface area contributed by atoms with Crippen LogP contribution in [0.1, 0.15) is 13.3 Å². The van der Waals surface area contributed by atoms with Crippen LogP contribution in [0.15, 0.2) is 30.5 Å². The molecule has 1 heterocycles. The van der Waals surface area contributed by atoms with Crippen LogP contribution in [-0.4, -0.2) is 30.6 Å². The normalized spacial score (nSPS) is 10.3. The van der Waals surface area contributed by atoms with Gasteiger partial charge in [-0.1, -0.05) is 24.6 Å². The number of ether oxygens (including phenoxy) is 1. The zero-order valence-electron chi connectivity index (χ0n) is 12.4. The lowest BCUT2D eigenvalue weighted by atomic mass is 10.3. The highest BCUT2D eigenvalue weighted by Gasteiger charge is 2.08. The fourth-order valence-corrected chi connectivity index (χ4v) is 1.81. The highest BCUT2D eigenvalue weighted by Crippen LogP contribution is 2.29. The van der Waals surface area contributed by atoms with Gasteiger partial charge in [-0.15, -0.1) is 0 Å². The largest absolute Gasteiger partial charge is 0.437 e. The molecule has 0 saturated heterocycles. The number of hydrogen-bond donors (Lipinski definition) is 1. The van der Waals surface area contributed by atoms with E-state index in [0.717, 1.165) is 18.7 Å². The predicted molar refractivity (Wildman–Crippen MR) is 86.7 cm³/mol. The molecule has 2 rings (SSSR count). The molecule has 1 aromatic heterocycles. The third-order valence-corrected chi connectivity index (χ3v) is 3.05. The number of aromatic nitrogens is 2. The third kappa shape index (κ3) is 4.23. The van der Waals surface area contributed by atoms with Gasteiger partial charge in [-0.25, -0.2) is 4.98 Å². The van der Waals surface area contributed by atoms with Gasteiger partial charge < -0.3 is 15.0 Å². The number of hydrogen-bond acceptors (Lipinski definition) is 5. The molecule has 0 aliphatic carbocycles. The van der Waals surface area contributed by atoms with Gasteiger partial charge in [-0.2, -0.15) is 4.98 Å². The van der Waals surface area contributed by atoms with Crippen molar-refractivity contribution in [1.82, 2.24) is 9.97 Å². The first-order chi connectivity index (χ1) is 10.1. The second kappa shape index (κ2) is 7.13. The van der Waals surface area contributed by atoms with Crippen molar-refractivity contribution in [1.29, 1.82) is 0 Å². The molecule has 0 amide bonds. The lowest BCUT2D eigenvalue weighted by Crippen LogP contribution is -2.08. The second-order valence-electron chi connectivity index (χ2n) is 4.77. The molecule has 0 unspecified atom stereocenters. The van der Waals surface area contributed by atoms with Crippen LogP contribution in [0.5, 0.6) is 11.6 Å². The van der Waals surface area contributed by atoms with E-state index in [1.807, 2.05) is 43.3 Å². The summed E-state index contributed by atoms with van der Waals surface area (Å²) in [5.74, 6) is 1.55. The Bertz CT molecular complexity index is 604. The Labute approximate surface area is 129 Å². The average Bonchev–Trinajstić information content (AvgIpc) is 2.48. The van der Waals surface area contributed by atoms with Crippen molar-refractivity contribution in [3.05, 3.63) is 35.5 Å². The molecular formula is C15H19ClN4O. The molecule has 2 aromatic rings. The zero-order valence-corrected chi connectivity index (χ0v) is 13.2. The van der Waals surface area contributed by atoms with Crippen LogP contribution in [0.2, 0.25) is 5.02 Å². The number of halogens is 1. The smallest absolute Gasteiger partial charge is 0.243 e. The van der Waals surface area contributed by atoms with Gasteiger partial charge in [0.2, 0.25) is 11.8 Å². The van der Waals surface area contributed by atoms with Gasteiger partial charge in [-0.05, 0) is 18.6 Å². The average molecular weight is 307 g/mol. The molecule has 6 heteroatoms. The third-order valence-electron chi connectivity index (χ3n) is 2.79. The molecule has 112 valence electrons. The molecular weight excluding hydrogens is 288 g/mol. The van der Waals surface area contributed by atoms with Crippen molar-refractivity contribution in [2.24, 2.45) is 0 Å². The summed E-state index contributed by atoms with van der Waals surface area (Å²) in [5.41, 5.74) is 1.04. The molecule has 0 radical (unpaired) electrons. The monoisotopic (exact) mass is 306 g/mol. The highest BCUT2D eigenvalue weighted by atomic mass is 35.5. The van der Waals surface area contributed by atoms with Crippen LogP contribution in [0, 0.1) is 0 Å². The lowest BCUT2D eigenvalue weighted by Gasteiger charge is -2.14. The van der Waals surface area contributed by atoms with Gasteiger partial charge in [0.15, 0.2) is 0 Å². The summed E-state index contributed by atoms with van der Waals surface area (Å²) in [6.07, 6.45) is 2.53. The molecule has 0 atom stereocenters. The van der Waals surface area contributed by atoms with Crippen molar-refractivity contribution < 1.29 is 4.74 Å². The Kier molecular flexibility index (Phi) is 5.22. The fraction of sp³-hybridized carbons (Fsp3) is 0.333. The maximum absolute atomic E-state index is 6.09. The Balaban J connectivity index is 2.20. The second-order valence-corrected chi connectivity index (χ2v) is 5.17. The summed E-state index contributed by atoms with van der Waals surface area (Å²) in [5, 5.41) is 3.49. The summed E-state index contributed by atoms with van der Waals surface area (Å²) in [6.45, 7) is 2.88. The Morgan fingerprint density at radius 1 is 1.33 bits per heavy atom. The van der Waals surface area contributed by atoms with E-state index in [1.165, 1.54) is 6.20 Å². The van der Waals surface area contributed by atoms with Crippen molar-refractivity contribution in [2.45, 2.75) is 13.3 Å². The van der Waals surface area contributed by atoms with E-state index in [2.05, 4.69) is 22.2 Å². The predicted octanol–water partition coefficient (Wildman–Crippen LogP) is 3.81. The summed E-state index contributed by atoms with van der Waals surface area (Å²) in [6, 6.07) is 7.72. The maximum Gasteiger partial charge on any atom is 0.243 e. The van der Waals surface area contributed by atoms with Crippen molar-refractivity contribution in [2.75, 3.05) is 30.9 Å². The molecule has 0 aliphatic heterocycles. The quantitative estimate of drug-likeness (QED) is 0.879. The van der Waals surface area contributed by atoms with Crippen LogP contribution in [-0.2, 0) is 0 Å². The van der Waals surface area contributed by atoms with E-state index in [9.17, 15) is 0 Å². The first-order valence-corrected chi connectivity index (χ1v) is 7.19. The van der Waals surface area contributed by atoms with Crippen LogP contribution < -0.4 is 15.0 Å². The molecule has 5 nitrogen and oxygen atoms in total. The van der Waals surface area contributed by atoms with Gasteiger partial charge in [0.1, 0.15) is 10.8 Å². The minimum absolute atomic E-state index is 0.348. The van der Waals surface area contributed by atoms with E-state index in [4.69, 9.17) is 16.3 Å². The Morgan fingerprint density at radius 3 is 2.86 bits per heavy atom. The molecule has 0 aliphatic rings. The van der Waals surface area contributed by atoms with Crippen LogP contribution in [0.3, 0.4) is 0 Å². The molecule has 0 bridgehead atoms. The summed E-state index contributed by atoms with van der Waals surface area (Å²) in [7, 11) is 3.95. The van der Waals surface area contributed by atoms with E-state index in [-0.39, 0.29) is 0 Å². The summed E-state index contributed by atoms with van der Waals surface area (Å²) < 4.78 is 5.77. The van der Waals surface area contributed by atoms with Gasteiger partial charge in [-0.3, -0.25) is 0 Å². The van der Waals surface area contributed by atoms with Crippen LogP contribution >= 0.6 is 11.6 Å². The number of rotatable bonds is 6. The van der Waals surface area contributed by atoms with E-state index < -0.39 is 0 Å². The van der Waals surface area contributed by atoms with E-state index in [0.29, 0.717) is 22.6 Å².